The van der Waals surface area contributed by atoms with E-state index in [0.717, 1.165) is 45.5 Å². The number of fused-ring (bicyclic) bond motifs is 1. The molecule has 0 spiro atoms. The van der Waals surface area contributed by atoms with Crippen molar-refractivity contribution in [1.82, 2.24) is 25.6 Å². The van der Waals surface area contributed by atoms with Crippen molar-refractivity contribution in [2.24, 2.45) is 5.10 Å². The van der Waals surface area contributed by atoms with Crippen molar-refractivity contribution in [3.8, 4) is 11.1 Å². The molecular weight excluding hydrogens is 593 g/mol. The summed E-state index contributed by atoms with van der Waals surface area (Å²) in [6.45, 7) is 8.00. The van der Waals surface area contributed by atoms with Gasteiger partial charge in [-0.2, -0.15) is 5.10 Å². The van der Waals surface area contributed by atoms with Gasteiger partial charge in [0.15, 0.2) is 0 Å². The number of hydrazine groups is 2. The van der Waals surface area contributed by atoms with Gasteiger partial charge in [-0.3, -0.25) is 4.98 Å². The van der Waals surface area contributed by atoms with Crippen molar-refractivity contribution >= 4 is 42.7 Å². The third-order valence-electron chi connectivity index (χ3n) is 7.63. The lowest BCUT2D eigenvalue weighted by Crippen LogP contribution is -2.37. The highest BCUT2D eigenvalue weighted by atomic mass is 35.5. The predicted octanol–water partition coefficient (Wildman–Crippen LogP) is 7.35. The van der Waals surface area contributed by atoms with Crippen molar-refractivity contribution in [2.45, 2.75) is 44.8 Å². The van der Waals surface area contributed by atoms with Crippen molar-refractivity contribution in [2.75, 3.05) is 11.6 Å². The number of rotatable bonds is 11. The first kappa shape index (κ1) is 30.0. The van der Waals surface area contributed by atoms with Crippen molar-refractivity contribution in [3.63, 3.8) is 0 Å². The molecule has 5 aromatic rings. The molecule has 3 heterocycles. The maximum absolute atomic E-state index is 14.3. The lowest BCUT2D eigenvalue weighted by Gasteiger charge is -2.21. The summed E-state index contributed by atoms with van der Waals surface area (Å²) in [5, 5.41) is 6.43. The summed E-state index contributed by atoms with van der Waals surface area (Å²) < 4.78 is 22.6. The molecule has 3 aromatic carbocycles. The summed E-state index contributed by atoms with van der Waals surface area (Å²) in [4.78, 5) is 9.98. The number of aromatic nitrogens is 3. The van der Waals surface area contributed by atoms with E-state index >= 15 is 0 Å². The van der Waals surface area contributed by atoms with Gasteiger partial charge in [-0.25, -0.2) is 19.9 Å². The molecule has 1 aliphatic rings. The molecule has 2 aromatic heterocycles. The van der Waals surface area contributed by atoms with Crippen molar-refractivity contribution in [3.05, 3.63) is 113 Å². The third kappa shape index (κ3) is 6.84. The topological polar surface area (TPSA) is 79.6 Å². The van der Waals surface area contributed by atoms with Crippen LogP contribution in [0.4, 0.5) is 10.1 Å². The maximum atomic E-state index is 14.3. The van der Waals surface area contributed by atoms with Gasteiger partial charge in [0.2, 0.25) is 0 Å². The molecule has 0 amide bonds. The van der Waals surface area contributed by atoms with Gasteiger partial charge >= 0.3 is 0 Å². The Kier molecular flexibility index (Phi) is 8.76. The van der Waals surface area contributed by atoms with Gasteiger partial charge in [0, 0.05) is 43.1 Å². The Balaban J connectivity index is 1.40. The molecule has 0 aliphatic carbocycles. The molecule has 1 aliphatic heterocycles. The molecule has 6 rings (SSSR count). The van der Waals surface area contributed by atoms with E-state index in [4.69, 9.17) is 26.3 Å². The summed E-state index contributed by atoms with van der Waals surface area (Å²) in [6, 6.07) is 25.9. The first-order valence-electron chi connectivity index (χ1n) is 14.6. The van der Waals surface area contributed by atoms with E-state index in [2.05, 4.69) is 52.5 Å². The number of hydrazone groups is 1. The van der Waals surface area contributed by atoms with Crippen LogP contribution in [0.25, 0.3) is 22.2 Å². The Morgan fingerprint density at radius 2 is 1.84 bits per heavy atom. The van der Waals surface area contributed by atoms with E-state index in [1.807, 2.05) is 54.7 Å². The number of ether oxygens (including phenoxy) is 1. The van der Waals surface area contributed by atoms with Crippen LogP contribution < -0.4 is 16.1 Å². The highest BCUT2D eigenvalue weighted by Gasteiger charge is 2.25. The molecule has 11 heteroatoms. The number of nitrogens with zero attached hydrogens (tertiary/aromatic N) is 5. The molecule has 44 heavy (non-hydrogen) atoms. The molecular formula is C33H35ClFN7OSi. The predicted molar refractivity (Wildman–Crippen MR) is 178 cm³/mol. The molecule has 1 unspecified atom stereocenters. The number of hydrogen-bond acceptors (Lipinski definition) is 7. The Bertz CT molecular complexity index is 1770. The molecule has 0 saturated heterocycles. The van der Waals surface area contributed by atoms with Crippen LogP contribution in [0.2, 0.25) is 30.7 Å². The molecule has 2 N–H and O–H groups in total. The average molecular weight is 628 g/mol. The van der Waals surface area contributed by atoms with Gasteiger partial charge < -0.3 is 9.30 Å². The lowest BCUT2D eigenvalue weighted by atomic mass is 9.94. The first-order valence-corrected chi connectivity index (χ1v) is 18.7. The SMILES string of the molecule is C[Si](C)(C)CCOCn1c(C(Cc2ccccc2)c2ccc(-c3cc(Cl)ccc3N3C=NNN3)cn2)nc2cc(F)ccc21. The number of nitrogens with one attached hydrogen (secondary N) is 2. The second kappa shape index (κ2) is 12.9. The zero-order chi connectivity index (χ0) is 30.7. The molecule has 0 saturated carbocycles. The van der Waals surface area contributed by atoms with Crippen LogP contribution in [-0.2, 0) is 17.9 Å². The Morgan fingerprint density at radius 1 is 1.00 bits per heavy atom. The lowest BCUT2D eigenvalue weighted by molar-refractivity contribution is 0.0874. The van der Waals surface area contributed by atoms with Crippen LogP contribution in [0.5, 0.6) is 0 Å². The number of pyridine rings is 1. The fourth-order valence-electron chi connectivity index (χ4n) is 5.28. The minimum atomic E-state index is -1.26. The van der Waals surface area contributed by atoms with E-state index in [0.29, 0.717) is 30.3 Å². The highest BCUT2D eigenvalue weighted by molar-refractivity contribution is 6.76. The average Bonchev–Trinajstić information content (AvgIpc) is 3.67. The highest BCUT2D eigenvalue weighted by Crippen LogP contribution is 2.35. The number of hydrogen-bond donors (Lipinski definition) is 2. The second-order valence-corrected chi connectivity index (χ2v) is 18.2. The summed E-state index contributed by atoms with van der Waals surface area (Å²) in [6.07, 6.45) is 4.18. The molecule has 226 valence electrons. The van der Waals surface area contributed by atoms with Gasteiger partial charge in [-0.1, -0.05) is 67.6 Å². The van der Waals surface area contributed by atoms with Gasteiger partial charge in [-0.15, -0.1) is 5.53 Å². The van der Waals surface area contributed by atoms with Crippen LogP contribution in [0.15, 0.2) is 90.2 Å². The van der Waals surface area contributed by atoms with Crippen LogP contribution in [0.1, 0.15) is 23.0 Å². The smallest absolute Gasteiger partial charge is 0.133 e. The fraction of sp³-hybridized carbons (Fsp3) is 0.242. The van der Waals surface area contributed by atoms with E-state index < -0.39 is 8.07 Å². The van der Waals surface area contributed by atoms with Crippen LogP contribution in [-0.4, -0.2) is 35.6 Å². The number of halogens is 2. The Hall–Kier alpha value is -4.09. The molecule has 8 nitrogen and oxygen atoms in total. The molecule has 0 radical (unpaired) electrons. The summed E-state index contributed by atoms with van der Waals surface area (Å²) in [7, 11) is -1.26. The fourth-order valence-corrected chi connectivity index (χ4v) is 6.21. The van der Waals surface area contributed by atoms with E-state index in [1.54, 1.807) is 17.4 Å². The van der Waals surface area contributed by atoms with Crippen molar-refractivity contribution < 1.29 is 9.13 Å². The maximum Gasteiger partial charge on any atom is 0.133 e. The Morgan fingerprint density at radius 3 is 2.57 bits per heavy atom. The quantitative estimate of drug-likeness (QED) is 0.118. The zero-order valence-corrected chi connectivity index (χ0v) is 26.7. The van der Waals surface area contributed by atoms with Crippen LogP contribution >= 0.6 is 11.6 Å². The van der Waals surface area contributed by atoms with Gasteiger partial charge in [0.1, 0.15) is 24.7 Å². The van der Waals surface area contributed by atoms with E-state index in [-0.39, 0.29) is 11.7 Å². The summed E-state index contributed by atoms with van der Waals surface area (Å²) >= 11 is 6.41. The summed E-state index contributed by atoms with van der Waals surface area (Å²) in [5.41, 5.74) is 11.8. The molecule has 0 bridgehead atoms. The van der Waals surface area contributed by atoms with Crippen molar-refractivity contribution in [1.29, 1.82) is 0 Å². The van der Waals surface area contributed by atoms with Gasteiger partial charge in [0.05, 0.1) is 28.3 Å². The normalized spacial score (nSPS) is 13.9. The second-order valence-electron chi connectivity index (χ2n) is 12.1. The van der Waals surface area contributed by atoms with Crippen LogP contribution in [0, 0.1) is 5.82 Å². The standard InChI is InChI=1S/C33H35ClFN7OSi/c1-44(2,3)16-15-43-22-41-32-14-11-26(35)19-30(32)38-33(41)28(17-23-7-5-4-6-8-23)29-12-9-24(20-36-29)27-18-25(34)10-13-31(27)42-21-37-39-40-42/h4-14,18-21,28,39-40H,15-17,22H2,1-3H3. The van der Waals surface area contributed by atoms with Gasteiger partial charge in [0.25, 0.3) is 0 Å². The first-order chi connectivity index (χ1) is 21.2. The summed E-state index contributed by atoms with van der Waals surface area (Å²) in [5.74, 6) is 0.258. The number of imidazole rings is 1. The monoisotopic (exact) mass is 627 g/mol. The Labute approximate surface area is 262 Å². The van der Waals surface area contributed by atoms with E-state index in [1.165, 1.54) is 12.1 Å². The minimum Gasteiger partial charge on any atom is -0.361 e. The largest absolute Gasteiger partial charge is 0.361 e. The third-order valence-corrected chi connectivity index (χ3v) is 9.57. The number of benzene rings is 3. The number of anilines is 1. The van der Waals surface area contributed by atoms with Gasteiger partial charge in [-0.05, 0) is 54.4 Å². The zero-order valence-electron chi connectivity index (χ0n) is 25.0. The molecule has 0 fully saturated rings. The van der Waals surface area contributed by atoms with E-state index in [9.17, 15) is 4.39 Å². The van der Waals surface area contributed by atoms with Crippen LogP contribution in [0.3, 0.4) is 0 Å². The molecule has 1 atom stereocenters. The minimum absolute atomic E-state index is 0.210.